The molecule has 0 aromatic carbocycles. The SMILES string of the molecule is COc1c(C#N)c2n(c1-c1cccnc1)CCCC2. The number of nitrogens with zero attached hydrogens (tertiary/aromatic N) is 3. The largest absolute Gasteiger partial charge is 0.493 e. The Morgan fingerprint density at radius 2 is 2.32 bits per heavy atom. The van der Waals surface area contributed by atoms with Crippen LogP contribution >= 0.6 is 0 Å². The summed E-state index contributed by atoms with van der Waals surface area (Å²) in [5, 5.41) is 9.41. The molecule has 0 unspecified atom stereocenters. The van der Waals surface area contributed by atoms with Gasteiger partial charge in [-0.1, -0.05) is 0 Å². The lowest BCUT2D eigenvalue weighted by Gasteiger charge is -2.17. The standard InChI is InChI=1S/C15H15N3O/c1-19-15-12(9-16)13-6-2-3-8-18(13)14(15)11-5-4-7-17-10-11/h4-5,7,10H,2-3,6,8H2,1H3. The van der Waals surface area contributed by atoms with Crippen molar-refractivity contribution in [3.8, 4) is 23.1 Å². The molecular weight excluding hydrogens is 238 g/mol. The zero-order valence-corrected chi connectivity index (χ0v) is 10.9. The van der Waals surface area contributed by atoms with E-state index >= 15 is 0 Å². The maximum absolute atomic E-state index is 9.41. The number of aromatic nitrogens is 2. The minimum atomic E-state index is 0.682. The summed E-state index contributed by atoms with van der Waals surface area (Å²) in [6.07, 6.45) is 6.79. The average molecular weight is 253 g/mol. The zero-order chi connectivity index (χ0) is 13.2. The molecule has 0 fully saturated rings. The fourth-order valence-electron chi connectivity index (χ4n) is 2.81. The van der Waals surface area contributed by atoms with Crippen LogP contribution in [0.15, 0.2) is 24.5 Å². The number of methoxy groups -OCH3 is 1. The number of ether oxygens (including phenoxy) is 1. The number of fused-ring (bicyclic) bond motifs is 1. The molecule has 0 bridgehead atoms. The summed E-state index contributed by atoms with van der Waals surface area (Å²) in [5.74, 6) is 0.687. The van der Waals surface area contributed by atoms with Crippen LogP contribution in [-0.2, 0) is 13.0 Å². The summed E-state index contributed by atoms with van der Waals surface area (Å²) in [6.45, 7) is 0.942. The molecule has 3 heterocycles. The highest BCUT2D eigenvalue weighted by Crippen LogP contribution is 2.39. The first-order valence-electron chi connectivity index (χ1n) is 6.46. The zero-order valence-electron chi connectivity index (χ0n) is 10.9. The summed E-state index contributed by atoms with van der Waals surface area (Å²) >= 11 is 0. The maximum Gasteiger partial charge on any atom is 0.162 e. The summed E-state index contributed by atoms with van der Waals surface area (Å²) in [7, 11) is 1.63. The molecule has 0 saturated heterocycles. The third-order valence-electron chi connectivity index (χ3n) is 3.62. The Hall–Kier alpha value is -2.28. The summed E-state index contributed by atoms with van der Waals surface area (Å²) in [6, 6.07) is 6.21. The van der Waals surface area contributed by atoms with Gasteiger partial charge in [-0.05, 0) is 31.4 Å². The van der Waals surface area contributed by atoms with Gasteiger partial charge in [-0.2, -0.15) is 5.26 Å². The molecule has 1 aliphatic heterocycles. The van der Waals surface area contributed by atoms with E-state index in [4.69, 9.17) is 4.74 Å². The lowest BCUT2D eigenvalue weighted by atomic mass is 10.1. The second kappa shape index (κ2) is 4.77. The van der Waals surface area contributed by atoms with E-state index in [9.17, 15) is 5.26 Å². The first-order valence-corrected chi connectivity index (χ1v) is 6.46. The minimum absolute atomic E-state index is 0.682. The van der Waals surface area contributed by atoms with Crippen LogP contribution < -0.4 is 4.74 Å². The first-order chi connectivity index (χ1) is 9.36. The minimum Gasteiger partial charge on any atom is -0.493 e. The Labute approximate surface area is 112 Å². The molecule has 2 aromatic heterocycles. The molecule has 1 aliphatic rings. The number of rotatable bonds is 2. The topological polar surface area (TPSA) is 50.8 Å². The van der Waals surface area contributed by atoms with Crippen LogP contribution in [-0.4, -0.2) is 16.7 Å². The highest BCUT2D eigenvalue weighted by Gasteiger charge is 2.26. The van der Waals surface area contributed by atoms with Crippen molar-refractivity contribution < 1.29 is 4.74 Å². The molecule has 0 N–H and O–H groups in total. The molecule has 3 rings (SSSR count). The number of hydrogen-bond donors (Lipinski definition) is 0. The van der Waals surface area contributed by atoms with E-state index < -0.39 is 0 Å². The van der Waals surface area contributed by atoms with Crippen LogP contribution in [0.4, 0.5) is 0 Å². The molecule has 4 heteroatoms. The van der Waals surface area contributed by atoms with Crippen molar-refractivity contribution in [3.05, 3.63) is 35.8 Å². The molecule has 0 radical (unpaired) electrons. The second-order valence-electron chi connectivity index (χ2n) is 4.67. The molecule has 0 atom stereocenters. The van der Waals surface area contributed by atoms with E-state index in [-0.39, 0.29) is 0 Å². The summed E-state index contributed by atoms with van der Waals surface area (Å²) < 4.78 is 7.72. The fourth-order valence-corrected chi connectivity index (χ4v) is 2.81. The van der Waals surface area contributed by atoms with E-state index in [0.717, 1.165) is 42.8 Å². The van der Waals surface area contributed by atoms with E-state index in [1.807, 2.05) is 18.3 Å². The lowest BCUT2D eigenvalue weighted by Crippen LogP contribution is -2.11. The molecule has 4 nitrogen and oxygen atoms in total. The van der Waals surface area contributed by atoms with E-state index in [0.29, 0.717) is 11.3 Å². The molecule has 0 saturated carbocycles. The molecular formula is C15H15N3O. The monoisotopic (exact) mass is 253 g/mol. The highest BCUT2D eigenvalue weighted by atomic mass is 16.5. The van der Waals surface area contributed by atoms with Crippen LogP contribution in [0.5, 0.6) is 5.75 Å². The Bertz CT molecular complexity index is 638. The predicted molar refractivity (Wildman–Crippen MR) is 71.9 cm³/mol. The number of pyridine rings is 1. The third kappa shape index (κ3) is 1.78. The highest BCUT2D eigenvalue weighted by molar-refractivity contribution is 5.73. The van der Waals surface area contributed by atoms with E-state index in [1.165, 1.54) is 0 Å². The smallest absolute Gasteiger partial charge is 0.162 e. The Morgan fingerprint density at radius 3 is 3.00 bits per heavy atom. The molecule has 0 aliphatic carbocycles. The maximum atomic E-state index is 9.41. The van der Waals surface area contributed by atoms with Gasteiger partial charge in [0, 0.05) is 30.2 Å². The Balaban J connectivity index is 2.29. The van der Waals surface area contributed by atoms with Gasteiger partial charge >= 0.3 is 0 Å². The van der Waals surface area contributed by atoms with Gasteiger partial charge in [0.25, 0.3) is 0 Å². The van der Waals surface area contributed by atoms with Crippen molar-refractivity contribution >= 4 is 0 Å². The Morgan fingerprint density at radius 1 is 1.42 bits per heavy atom. The van der Waals surface area contributed by atoms with Gasteiger partial charge in [0.05, 0.1) is 12.8 Å². The van der Waals surface area contributed by atoms with Gasteiger partial charge in [0.1, 0.15) is 11.6 Å². The van der Waals surface area contributed by atoms with Crippen LogP contribution in [0, 0.1) is 11.3 Å². The molecule has 0 spiro atoms. The van der Waals surface area contributed by atoms with Crippen molar-refractivity contribution in [1.82, 2.24) is 9.55 Å². The number of nitriles is 1. The van der Waals surface area contributed by atoms with E-state index in [2.05, 4.69) is 15.6 Å². The van der Waals surface area contributed by atoms with Gasteiger partial charge in [-0.15, -0.1) is 0 Å². The summed E-state index contributed by atoms with van der Waals surface area (Å²) in [4.78, 5) is 4.17. The normalized spacial score (nSPS) is 13.7. The van der Waals surface area contributed by atoms with Crippen molar-refractivity contribution in [3.63, 3.8) is 0 Å². The molecule has 0 amide bonds. The molecule has 96 valence electrons. The summed E-state index contributed by atoms with van der Waals surface area (Å²) in [5.41, 5.74) is 3.77. The average Bonchev–Trinajstić information content (AvgIpc) is 2.81. The van der Waals surface area contributed by atoms with Crippen LogP contribution in [0.3, 0.4) is 0 Å². The van der Waals surface area contributed by atoms with Gasteiger partial charge < -0.3 is 9.30 Å². The van der Waals surface area contributed by atoms with E-state index in [1.54, 1.807) is 13.3 Å². The molecule has 19 heavy (non-hydrogen) atoms. The number of hydrogen-bond acceptors (Lipinski definition) is 3. The van der Waals surface area contributed by atoms with Gasteiger partial charge in [-0.3, -0.25) is 4.98 Å². The van der Waals surface area contributed by atoms with Crippen LogP contribution in [0.2, 0.25) is 0 Å². The Kier molecular flexibility index (Phi) is 2.96. The van der Waals surface area contributed by atoms with Gasteiger partial charge in [0.2, 0.25) is 0 Å². The van der Waals surface area contributed by atoms with Crippen molar-refractivity contribution in [1.29, 1.82) is 5.26 Å². The van der Waals surface area contributed by atoms with Crippen molar-refractivity contribution in [2.75, 3.05) is 7.11 Å². The van der Waals surface area contributed by atoms with Crippen LogP contribution in [0.1, 0.15) is 24.1 Å². The lowest BCUT2D eigenvalue weighted by molar-refractivity contribution is 0.414. The van der Waals surface area contributed by atoms with Crippen molar-refractivity contribution in [2.24, 2.45) is 0 Å². The molecule has 2 aromatic rings. The first kappa shape index (κ1) is 11.8. The van der Waals surface area contributed by atoms with Gasteiger partial charge in [-0.25, -0.2) is 0 Å². The van der Waals surface area contributed by atoms with Crippen molar-refractivity contribution in [2.45, 2.75) is 25.8 Å². The third-order valence-corrected chi connectivity index (χ3v) is 3.62. The van der Waals surface area contributed by atoms with Gasteiger partial charge in [0.15, 0.2) is 5.75 Å². The second-order valence-corrected chi connectivity index (χ2v) is 4.67. The predicted octanol–water partition coefficient (Wildman–Crippen LogP) is 2.77. The van der Waals surface area contributed by atoms with Crippen LogP contribution in [0.25, 0.3) is 11.3 Å². The quantitative estimate of drug-likeness (QED) is 0.827. The fraction of sp³-hybridized carbons (Fsp3) is 0.333.